The number of hydrogen-bond acceptors (Lipinski definition) is 8. The van der Waals surface area contributed by atoms with Crippen LogP contribution in [0, 0.1) is 24.2 Å². The van der Waals surface area contributed by atoms with Gasteiger partial charge in [0.1, 0.15) is 5.82 Å². The maximum Gasteiger partial charge on any atom is 0.251 e. The van der Waals surface area contributed by atoms with Crippen molar-refractivity contribution < 1.29 is 13.2 Å². The van der Waals surface area contributed by atoms with E-state index in [1.807, 2.05) is 36.4 Å². The zero-order valence-electron chi connectivity index (χ0n) is 23.8. The molecule has 1 atom stereocenters. The number of rotatable bonds is 11. The molecule has 0 aliphatic carbocycles. The van der Waals surface area contributed by atoms with Gasteiger partial charge in [0.05, 0.1) is 40.1 Å². The predicted octanol–water partition coefficient (Wildman–Crippen LogP) is 5.10. The molecule has 0 radical (unpaired) electrons. The molecule has 0 fully saturated rings. The summed E-state index contributed by atoms with van der Waals surface area (Å²) in [5.41, 5.74) is 3.65. The molecule has 0 aliphatic rings. The van der Waals surface area contributed by atoms with Crippen LogP contribution >= 0.6 is 0 Å². The first-order valence-electron chi connectivity index (χ1n) is 13.5. The summed E-state index contributed by atoms with van der Waals surface area (Å²) in [6.07, 6.45) is 4.30. The van der Waals surface area contributed by atoms with E-state index in [-0.39, 0.29) is 28.8 Å². The molecule has 3 aromatic heterocycles. The summed E-state index contributed by atoms with van der Waals surface area (Å²) in [6.45, 7) is 7.64. The van der Waals surface area contributed by atoms with E-state index in [0.29, 0.717) is 17.7 Å². The first-order valence-corrected chi connectivity index (χ1v) is 15.4. The molecule has 0 saturated heterocycles. The summed E-state index contributed by atoms with van der Waals surface area (Å²) in [5, 5.41) is 12.7. The van der Waals surface area contributed by atoms with Gasteiger partial charge in [0.2, 0.25) is 0 Å². The second-order valence-electron chi connectivity index (χ2n) is 10.3. The van der Waals surface area contributed by atoms with E-state index in [1.54, 1.807) is 25.3 Å². The van der Waals surface area contributed by atoms with Crippen LogP contribution in [0.2, 0.25) is 0 Å². The number of benzene rings is 1. The Morgan fingerprint density at radius 2 is 1.88 bits per heavy atom. The van der Waals surface area contributed by atoms with Crippen molar-refractivity contribution in [1.82, 2.24) is 20.3 Å². The molecule has 0 unspecified atom stereocenters. The Labute approximate surface area is 241 Å². The molecular weight excluding hydrogens is 536 g/mol. The lowest BCUT2D eigenvalue weighted by Crippen LogP contribution is -2.30. The number of carbonyl (C=O) groups excluding carboxylic acids is 1. The van der Waals surface area contributed by atoms with Crippen LogP contribution in [0.25, 0.3) is 22.3 Å². The highest BCUT2D eigenvalue weighted by atomic mass is 32.2. The Balaban J connectivity index is 1.54. The predicted molar refractivity (Wildman–Crippen MR) is 160 cm³/mol. The van der Waals surface area contributed by atoms with Gasteiger partial charge >= 0.3 is 0 Å². The fraction of sp³-hybridized carbons (Fsp3) is 0.323. The molecule has 0 saturated carbocycles. The molecule has 9 nitrogen and oxygen atoms in total. The van der Waals surface area contributed by atoms with Crippen LogP contribution in [0.5, 0.6) is 0 Å². The fourth-order valence-corrected chi connectivity index (χ4v) is 5.61. The Morgan fingerprint density at radius 1 is 1.10 bits per heavy atom. The SMILES string of the molecule is CCCN(C[C@@H](C)CC#N)c1cccc(-c2ccc3cnc(CNC(=O)c4ccc(C)c(S(C)(=O)=O)c4)cc3n2)n1. The van der Waals surface area contributed by atoms with Crippen LogP contribution in [0.4, 0.5) is 5.82 Å². The molecular formula is C31H34N6O3S. The van der Waals surface area contributed by atoms with Crippen LogP contribution < -0.4 is 10.2 Å². The monoisotopic (exact) mass is 570 g/mol. The number of aryl methyl sites for hydroxylation is 1. The van der Waals surface area contributed by atoms with Crippen molar-refractivity contribution in [2.24, 2.45) is 5.92 Å². The molecule has 41 heavy (non-hydrogen) atoms. The molecule has 4 rings (SSSR count). The molecule has 212 valence electrons. The van der Waals surface area contributed by atoms with Crippen LogP contribution in [0.3, 0.4) is 0 Å². The van der Waals surface area contributed by atoms with Gasteiger partial charge < -0.3 is 10.2 Å². The van der Waals surface area contributed by atoms with Gasteiger partial charge in [0.15, 0.2) is 9.84 Å². The summed E-state index contributed by atoms with van der Waals surface area (Å²) in [5.74, 6) is 0.694. The smallest absolute Gasteiger partial charge is 0.251 e. The average Bonchev–Trinajstić information content (AvgIpc) is 2.95. The third-order valence-corrected chi connectivity index (χ3v) is 7.94. The molecule has 0 spiro atoms. The van der Waals surface area contributed by atoms with E-state index in [1.165, 1.54) is 6.07 Å². The fourth-order valence-electron chi connectivity index (χ4n) is 4.62. The van der Waals surface area contributed by atoms with Gasteiger partial charge in [-0.15, -0.1) is 0 Å². The minimum Gasteiger partial charge on any atom is -0.356 e. The second kappa shape index (κ2) is 12.9. The maximum absolute atomic E-state index is 12.8. The van der Waals surface area contributed by atoms with Crippen molar-refractivity contribution in [3.63, 3.8) is 0 Å². The number of hydrogen-bond donors (Lipinski definition) is 1. The number of aromatic nitrogens is 3. The van der Waals surface area contributed by atoms with Crippen molar-refractivity contribution in [2.45, 2.75) is 45.1 Å². The van der Waals surface area contributed by atoms with Gasteiger partial charge in [-0.3, -0.25) is 9.78 Å². The maximum atomic E-state index is 12.8. The van der Waals surface area contributed by atoms with E-state index in [2.05, 4.69) is 35.1 Å². The van der Waals surface area contributed by atoms with E-state index in [0.717, 1.165) is 53.9 Å². The van der Waals surface area contributed by atoms with E-state index < -0.39 is 9.84 Å². The summed E-state index contributed by atoms with van der Waals surface area (Å²) in [6, 6.07) is 18.4. The van der Waals surface area contributed by atoms with Crippen molar-refractivity contribution in [3.8, 4) is 17.5 Å². The van der Waals surface area contributed by atoms with Crippen molar-refractivity contribution in [2.75, 3.05) is 24.2 Å². The lowest BCUT2D eigenvalue weighted by Gasteiger charge is -2.26. The summed E-state index contributed by atoms with van der Waals surface area (Å²) < 4.78 is 24.1. The van der Waals surface area contributed by atoms with E-state index in [4.69, 9.17) is 15.2 Å². The normalized spacial score (nSPS) is 12.1. The van der Waals surface area contributed by atoms with Gasteiger partial charge in [-0.25, -0.2) is 18.4 Å². The molecule has 1 amide bonds. The van der Waals surface area contributed by atoms with Gasteiger partial charge in [0, 0.05) is 42.9 Å². The molecule has 1 aromatic carbocycles. The van der Waals surface area contributed by atoms with Crippen LogP contribution in [0.15, 0.2) is 65.7 Å². The minimum absolute atomic E-state index is 0.137. The van der Waals surface area contributed by atoms with Gasteiger partial charge in [-0.1, -0.05) is 26.0 Å². The Kier molecular flexibility index (Phi) is 9.30. The zero-order valence-corrected chi connectivity index (χ0v) is 24.6. The number of anilines is 1. The average molecular weight is 571 g/mol. The highest BCUT2D eigenvalue weighted by Crippen LogP contribution is 2.23. The minimum atomic E-state index is -3.45. The number of nitriles is 1. The number of fused-ring (bicyclic) bond motifs is 1. The summed E-state index contributed by atoms with van der Waals surface area (Å²) >= 11 is 0. The number of pyridine rings is 3. The Bertz CT molecular complexity index is 1720. The lowest BCUT2D eigenvalue weighted by atomic mass is 10.1. The van der Waals surface area contributed by atoms with Crippen LogP contribution in [-0.2, 0) is 16.4 Å². The molecule has 0 aliphatic heterocycles. The van der Waals surface area contributed by atoms with E-state index >= 15 is 0 Å². The van der Waals surface area contributed by atoms with Crippen LogP contribution in [-0.4, -0.2) is 48.6 Å². The summed E-state index contributed by atoms with van der Waals surface area (Å²) in [7, 11) is -3.45. The Hall–Kier alpha value is -4.36. The lowest BCUT2D eigenvalue weighted by molar-refractivity contribution is 0.0950. The first-order chi connectivity index (χ1) is 19.6. The van der Waals surface area contributed by atoms with Gasteiger partial charge in [-0.2, -0.15) is 5.26 Å². The summed E-state index contributed by atoms with van der Waals surface area (Å²) in [4.78, 5) is 29.3. The second-order valence-corrected chi connectivity index (χ2v) is 12.3. The zero-order chi connectivity index (χ0) is 29.6. The third-order valence-electron chi connectivity index (χ3n) is 6.70. The highest BCUT2D eigenvalue weighted by Gasteiger charge is 2.16. The van der Waals surface area contributed by atoms with Crippen molar-refractivity contribution in [3.05, 3.63) is 77.6 Å². The standard InChI is InChI=1S/C31H34N6O3S/c1-5-15-37(20-21(2)13-14-32)30-8-6-7-26(36-30)27-12-11-24-18-33-25(17-28(24)35-27)19-34-31(38)23-10-9-22(3)29(16-23)41(4,39)40/h6-12,16-18,21H,5,13,15,19-20H2,1-4H3,(H,34,38)/t21-/m0/s1. The molecule has 0 bridgehead atoms. The highest BCUT2D eigenvalue weighted by molar-refractivity contribution is 7.90. The van der Waals surface area contributed by atoms with E-state index in [9.17, 15) is 13.2 Å². The van der Waals surface area contributed by atoms with Gasteiger partial charge in [0.25, 0.3) is 5.91 Å². The molecule has 10 heteroatoms. The topological polar surface area (TPSA) is 129 Å². The number of carbonyl (C=O) groups is 1. The van der Waals surface area contributed by atoms with Gasteiger partial charge in [-0.05, 0) is 67.3 Å². The molecule has 4 aromatic rings. The quantitative estimate of drug-likeness (QED) is 0.264. The number of nitrogens with one attached hydrogen (secondary N) is 1. The molecule has 1 N–H and O–H groups in total. The van der Waals surface area contributed by atoms with Crippen LogP contribution in [0.1, 0.15) is 48.3 Å². The number of amides is 1. The number of nitrogens with zero attached hydrogens (tertiary/aromatic N) is 5. The third kappa shape index (κ3) is 7.44. The Morgan fingerprint density at radius 3 is 2.61 bits per heavy atom. The first kappa shape index (κ1) is 29.6. The largest absolute Gasteiger partial charge is 0.356 e. The van der Waals surface area contributed by atoms with Crippen molar-refractivity contribution in [1.29, 1.82) is 5.26 Å². The number of sulfone groups is 1. The molecule has 3 heterocycles. The van der Waals surface area contributed by atoms with Crippen molar-refractivity contribution >= 4 is 32.5 Å².